The molecule has 17 heteroatoms. The van der Waals surface area contributed by atoms with Crippen molar-refractivity contribution in [2.75, 3.05) is 5.73 Å². The molecule has 0 aliphatic rings. The second-order valence-corrected chi connectivity index (χ2v) is 6.26. The molecule has 0 aliphatic carbocycles. The third-order valence-corrected chi connectivity index (χ3v) is 3.67. The van der Waals surface area contributed by atoms with Crippen LogP contribution < -0.4 is 5.73 Å². The quantitative estimate of drug-likeness (QED) is 0.115. The topological polar surface area (TPSA) is 269 Å². The standard InChI is InChI=1S/C6H7NO3S.2C4H8N2O2.Co.HNO2/c7-5-1-3-6(4-2-5)11(8,9)10;2*1-3(5-7)4(2)6-8;;2-1-3/h1-4H,7H2,(H,8,9,10);2*7-8H,1-2H3;;(H,2,3)/p-3/b;2*5-3-,6-4-;;. The van der Waals surface area contributed by atoms with Crippen molar-refractivity contribution in [2.24, 2.45) is 26.0 Å². The van der Waals surface area contributed by atoms with Crippen molar-refractivity contribution in [1.29, 1.82) is 0 Å². The molecule has 15 nitrogen and oxygen atoms in total. The molecule has 0 fully saturated rings. The summed E-state index contributed by atoms with van der Waals surface area (Å²) in [6.07, 6.45) is 0. The molecule has 0 atom stereocenters. The SMILES string of the molecule is CC(=N/[O-])/C(C)=N\O.CC(=N/[O-])/C(C)=N\O.Nc1ccc(S(=O)(=O)O)cc1.O=N[O-].[Co]. The molecule has 0 unspecified atom stereocenters. The van der Waals surface area contributed by atoms with Crippen molar-refractivity contribution in [2.45, 2.75) is 32.6 Å². The average molecular weight is 508 g/mol. The van der Waals surface area contributed by atoms with E-state index >= 15 is 0 Å². The zero-order valence-electron chi connectivity index (χ0n) is 16.7. The maximum atomic E-state index is 10.5. The van der Waals surface area contributed by atoms with E-state index in [1.165, 1.54) is 52.0 Å². The molecular formula is C14H21CoN6O9S-3. The van der Waals surface area contributed by atoms with E-state index in [0.717, 1.165) is 5.34 Å². The Balaban J connectivity index is -0.000000166. The average Bonchev–Trinajstić information content (AvgIpc) is 2.72. The Bertz CT molecular complexity index is 792. The van der Waals surface area contributed by atoms with Crippen molar-refractivity contribution >= 4 is 38.7 Å². The van der Waals surface area contributed by atoms with Crippen molar-refractivity contribution in [3.63, 3.8) is 0 Å². The molecule has 0 amide bonds. The first-order valence-corrected chi connectivity index (χ1v) is 8.79. The molecule has 0 saturated heterocycles. The minimum absolute atomic E-state index is 0. The van der Waals surface area contributed by atoms with Gasteiger partial charge in [0.2, 0.25) is 0 Å². The fraction of sp³-hybridized carbons (Fsp3) is 0.286. The molecule has 31 heavy (non-hydrogen) atoms. The molecule has 1 aromatic rings. The van der Waals surface area contributed by atoms with Gasteiger partial charge in [-0.25, -0.2) is 0 Å². The first-order valence-electron chi connectivity index (χ1n) is 7.35. The Labute approximate surface area is 188 Å². The number of hydrogen-bond acceptors (Lipinski definition) is 14. The van der Waals surface area contributed by atoms with Gasteiger partial charge in [-0.3, -0.25) is 4.55 Å². The summed E-state index contributed by atoms with van der Waals surface area (Å²) in [5.41, 5.74) is 6.65. The number of benzene rings is 1. The van der Waals surface area contributed by atoms with E-state index in [1.807, 2.05) is 0 Å². The zero-order chi connectivity index (χ0) is 24.3. The Morgan fingerprint density at radius 2 is 1.13 bits per heavy atom. The minimum Gasteiger partial charge on any atom is -0.792 e. The second-order valence-electron chi connectivity index (χ2n) is 4.84. The van der Waals surface area contributed by atoms with Gasteiger partial charge in [0.05, 0.1) is 27.7 Å². The summed E-state index contributed by atoms with van der Waals surface area (Å²) in [7, 11) is -4.08. The van der Waals surface area contributed by atoms with E-state index in [-0.39, 0.29) is 44.5 Å². The van der Waals surface area contributed by atoms with Gasteiger partial charge in [-0.05, 0) is 52.0 Å². The largest absolute Gasteiger partial charge is 0.792 e. The van der Waals surface area contributed by atoms with Crippen LogP contribution in [0.25, 0.3) is 0 Å². The zero-order valence-corrected chi connectivity index (χ0v) is 18.5. The second kappa shape index (κ2) is 20.0. The third kappa shape index (κ3) is 19.8. The smallest absolute Gasteiger partial charge is 0.294 e. The first kappa shape index (κ1) is 35.2. The van der Waals surface area contributed by atoms with Crippen LogP contribution in [-0.4, -0.2) is 46.2 Å². The summed E-state index contributed by atoms with van der Waals surface area (Å²) in [6, 6.07) is 5.29. The molecule has 0 spiro atoms. The van der Waals surface area contributed by atoms with Crippen LogP contribution in [-0.2, 0) is 26.9 Å². The molecule has 0 heterocycles. The monoisotopic (exact) mass is 508 g/mol. The van der Waals surface area contributed by atoms with Crippen LogP contribution in [0.5, 0.6) is 0 Å². The number of oxime groups is 2. The summed E-state index contributed by atoms with van der Waals surface area (Å²) < 4.78 is 29.4. The first-order chi connectivity index (χ1) is 13.9. The van der Waals surface area contributed by atoms with E-state index in [4.69, 9.17) is 30.8 Å². The van der Waals surface area contributed by atoms with Crippen molar-refractivity contribution in [1.82, 2.24) is 0 Å². The predicted molar refractivity (Wildman–Crippen MR) is 113 cm³/mol. The predicted octanol–water partition coefficient (Wildman–Crippen LogP) is 2.35. The van der Waals surface area contributed by atoms with Gasteiger partial charge in [0.15, 0.2) is 0 Å². The Kier molecular flexibility index (Phi) is 22.7. The number of nitrogens with two attached hydrogens (primary N) is 1. The van der Waals surface area contributed by atoms with Crippen LogP contribution >= 0.6 is 0 Å². The molecule has 0 bridgehead atoms. The van der Waals surface area contributed by atoms with E-state index in [2.05, 4.69) is 20.6 Å². The molecule has 5 N–H and O–H groups in total. The normalized spacial score (nSPS) is 11.8. The van der Waals surface area contributed by atoms with Crippen LogP contribution in [0.3, 0.4) is 0 Å². The molecule has 1 radical (unpaired) electrons. The molecule has 0 aliphatic heterocycles. The summed E-state index contributed by atoms with van der Waals surface area (Å²) >= 11 is 0. The number of nitrogens with zero attached hydrogens (tertiary/aromatic N) is 5. The Morgan fingerprint density at radius 1 is 0.839 bits per heavy atom. The number of anilines is 1. The van der Waals surface area contributed by atoms with Gasteiger partial charge in [-0.1, -0.05) is 10.3 Å². The van der Waals surface area contributed by atoms with E-state index in [9.17, 15) is 18.8 Å². The van der Waals surface area contributed by atoms with Gasteiger partial charge < -0.3 is 47.0 Å². The fourth-order valence-corrected chi connectivity index (χ4v) is 1.40. The third-order valence-electron chi connectivity index (χ3n) is 2.80. The van der Waals surface area contributed by atoms with Gasteiger partial charge in [-0.2, -0.15) is 8.42 Å². The summed E-state index contributed by atoms with van der Waals surface area (Å²) in [5.74, 6) is 0. The number of rotatable bonds is 3. The molecule has 1 aromatic carbocycles. The minimum atomic E-state index is -4.08. The summed E-state index contributed by atoms with van der Waals surface area (Å²) in [6.45, 7) is 5.94. The van der Waals surface area contributed by atoms with Crippen LogP contribution in [0.1, 0.15) is 27.7 Å². The van der Waals surface area contributed by atoms with Crippen molar-refractivity contribution < 1.29 is 40.2 Å². The van der Waals surface area contributed by atoms with Crippen LogP contribution in [0.15, 0.2) is 55.1 Å². The number of hydrogen-bond donors (Lipinski definition) is 4. The molecule has 0 aromatic heterocycles. The summed E-state index contributed by atoms with van der Waals surface area (Å²) in [4.78, 5) is 7.85. The molecular weight excluding hydrogens is 487 g/mol. The van der Waals surface area contributed by atoms with Gasteiger partial charge in [0.25, 0.3) is 10.1 Å². The van der Waals surface area contributed by atoms with Gasteiger partial charge in [0, 0.05) is 22.5 Å². The van der Waals surface area contributed by atoms with Crippen molar-refractivity contribution in [3.05, 3.63) is 44.8 Å². The maximum absolute atomic E-state index is 10.5. The van der Waals surface area contributed by atoms with Crippen LogP contribution in [0.2, 0.25) is 0 Å². The molecule has 0 saturated carbocycles. The number of nitrogen functional groups attached to an aromatic ring is 1. The van der Waals surface area contributed by atoms with E-state index < -0.39 is 10.1 Å². The Morgan fingerprint density at radius 3 is 1.29 bits per heavy atom. The fourth-order valence-electron chi connectivity index (χ4n) is 0.917. The van der Waals surface area contributed by atoms with Gasteiger partial charge in [-0.15, -0.1) is 5.34 Å². The Hall–Kier alpha value is -3.28. The molecule has 179 valence electrons. The van der Waals surface area contributed by atoms with Gasteiger partial charge in [0.1, 0.15) is 0 Å². The van der Waals surface area contributed by atoms with Gasteiger partial charge >= 0.3 is 0 Å². The maximum Gasteiger partial charge on any atom is 0.294 e. The van der Waals surface area contributed by atoms with Crippen LogP contribution in [0, 0.1) is 20.5 Å². The molecule has 1 rings (SSSR count). The van der Waals surface area contributed by atoms with E-state index in [0.29, 0.717) is 5.69 Å². The summed E-state index contributed by atoms with van der Waals surface area (Å²) in [5, 5.41) is 54.8. The van der Waals surface area contributed by atoms with E-state index in [1.54, 1.807) is 0 Å². The van der Waals surface area contributed by atoms with Crippen LogP contribution in [0.4, 0.5) is 5.69 Å². The van der Waals surface area contributed by atoms with Crippen molar-refractivity contribution in [3.8, 4) is 0 Å².